The minimum absolute atomic E-state index is 0.0346. The summed E-state index contributed by atoms with van der Waals surface area (Å²) in [5, 5.41) is 19.5. The fourth-order valence-electron chi connectivity index (χ4n) is 1.20. The van der Waals surface area contributed by atoms with E-state index in [4.69, 9.17) is 9.79 Å². The smallest absolute Gasteiger partial charge is 0.358 e. The van der Waals surface area contributed by atoms with Crippen molar-refractivity contribution in [2.75, 3.05) is 0 Å². The van der Waals surface area contributed by atoms with Gasteiger partial charge in [0.15, 0.2) is 5.85 Å². The molecule has 0 aliphatic heterocycles. The molecule has 16 heavy (non-hydrogen) atoms. The summed E-state index contributed by atoms with van der Waals surface area (Å²) >= 11 is 0. The van der Waals surface area contributed by atoms with Gasteiger partial charge in [0.05, 0.1) is 0 Å². The number of hydrogen-bond donors (Lipinski definition) is 3. The molecule has 0 spiro atoms. The third-order valence-electron chi connectivity index (χ3n) is 1.88. The zero-order chi connectivity index (χ0) is 12.3. The van der Waals surface area contributed by atoms with Gasteiger partial charge >= 0.3 is 7.60 Å². The molecule has 1 rings (SSSR count). The molecule has 0 saturated heterocycles. The molecule has 0 radical (unpaired) electrons. The highest BCUT2D eigenvalue weighted by Crippen LogP contribution is 2.49. The molecule has 0 aliphatic rings. The Morgan fingerprint density at radius 2 is 2.06 bits per heavy atom. The monoisotopic (exact) mass is 247 g/mol. The Labute approximate surface area is 90.7 Å². The fraction of sp³-hybridized carbons (Fsp3) is 0.250. The lowest BCUT2D eigenvalue weighted by Gasteiger charge is -2.12. The van der Waals surface area contributed by atoms with Gasteiger partial charge in [-0.05, 0) is 11.6 Å². The highest BCUT2D eigenvalue weighted by atomic mass is 31.2. The second-order valence-corrected chi connectivity index (χ2v) is 4.87. The maximum absolute atomic E-state index is 10.8. The molecule has 0 bridgehead atoms. The summed E-state index contributed by atoms with van der Waals surface area (Å²) in [5.41, 5.74) is 0.239. The van der Waals surface area contributed by atoms with Gasteiger partial charge in [-0.15, -0.1) is 0 Å². The topological polar surface area (TPSA) is 121 Å². The molecule has 1 aromatic carbocycles. The molecule has 88 valence electrons. The van der Waals surface area contributed by atoms with Crippen molar-refractivity contribution in [1.29, 1.82) is 0 Å². The first-order chi connectivity index (χ1) is 7.30. The van der Waals surface area contributed by atoms with Crippen LogP contribution in [0.3, 0.4) is 0 Å². The minimum Gasteiger partial charge on any atom is -0.376 e. The lowest BCUT2D eigenvalue weighted by Crippen LogP contribution is -2.02. The van der Waals surface area contributed by atoms with E-state index < -0.39 is 24.9 Å². The van der Waals surface area contributed by atoms with Crippen LogP contribution in [0.25, 0.3) is 0 Å². The molecular formula is C8H10NO6P. The van der Waals surface area contributed by atoms with Crippen molar-refractivity contribution in [3.63, 3.8) is 0 Å². The number of hydrogen-bond acceptors (Lipinski definition) is 4. The van der Waals surface area contributed by atoms with Crippen molar-refractivity contribution in [3.8, 4) is 0 Å². The Bertz CT molecular complexity index is 442. The Hall–Kier alpha value is -1.27. The van der Waals surface area contributed by atoms with E-state index in [2.05, 4.69) is 0 Å². The van der Waals surface area contributed by atoms with Gasteiger partial charge in [-0.25, -0.2) is 0 Å². The van der Waals surface area contributed by atoms with Crippen molar-refractivity contribution < 1.29 is 24.4 Å². The van der Waals surface area contributed by atoms with Crippen LogP contribution in [0.5, 0.6) is 0 Å². The highest BCUT2D eigenvalue weighted by Gasteiger charge is 2.28. The maximum Gasteiger partial charge on any atom is 0.358 e. The lowest BCUT2D eigenvalue weighted by molar-refractivity contribution is -0.496. The van der Waals surface area contributed by atoms with E-state index in [1.54, 1.807) is 0 Å². The fourth-order valence-corrected chi connectivity index (χ4v) is 1.74. The van der Waals surface area contributed by atoms with E-state index in [9.17, 15) is 19.8 Å². The molecule has 7 nitrogen and oxygen atoms in total. The summed E-state index contributed by atoms with van der Waals surface area (Å²) in [6.07, 6.45) is 0. The third kappa shape index (κ3) is 3.39. The third-order valence-corrected chi connectivity index (χ3v) is 2.81. The van der Waals surface area contributed by atoms with E-state index in [-0.39, 0.29) is 11.1 Å². The van der Waals surface area contributed by atoms with Gasteiger partial charge in [0.1, 0.15) is 0 Å². The van der Waals surface area contributed by atoms with E-state index in [0.29, 0.717) is 0 Å². The number of benzene rings is 1. The molecule has 1 aromatic rings. The molecule has 0 heterocycles. The van der Waals surface area contributed by atoms with Gasteiger partial charge in [-0.2, -0.15) is 0 Å². The SMILES string of the molecule is O=[N+]([O-])Cc1cccc(C(O)P(=O)(O)O)c1. The number of nitrogens with zero attached hydrogens (tertiary/aromatic N) is 1. The molecular weight excluding hydrogens is 237 g/mol. The minimum atomic E-state index is -4.65. The van der Waals surface area contributed by atoms with Crippen molar-refractivity contribution in [3.05, 3.63) is 45.5 Å². The standard InChI is InChI=1S/C8H10NO6P/c10-8(16(13,14)15)7-3-1-2-6(4-7)5-9(11)12/h1-4,8,10H,5H2,(H2,13,14,15). The van der Waals surface area contributed by atoms with Crippen LogP contribution in [-0.4, -0.2) is 19.8 Å². The summed E-state index contributed by atoms with van der Waals surface area (Å²) in [5.74, 6) is -1.95. The number of nitro groups is 1. The van der Waals surface area contributed by atoms with Gasteiger partial charge in [-0.1, -0.05) is 18.2 Å². The molecule has 1 atom stereocenters. The van der Waals surface area contributed by atoms with Crippen LogP contribution >= 0.6 is 7.60 Å². The van der Waals surface area contributed by atoms with Gasteiger partial charge in [0.2, 0.25) is 6.54 Å². The molecule has 0 aliphatic carbocycles. The summed E-state index contributed by atoms with van der Waals surface area (Å²) in [7, 11) is -4.65. The quantitative estimate of drug-likeness (QED) is 0.407. The summed E-state index contributed by atoms with van der Waals surface area (Å²) in [6.45, 7) is -0.457. The molecule has 8 heteroatoms. The number of aliphatic hydroxyl groups is 1. The average Bonchev–Trinajstić information content (AvgIpc) is 2.14. The predicted molar refractivity (Wildman–Crippen MR) is 54.1 cm³/mol. The van der Waals surface area contributed by atoms with E-state index in [1.807, 2.05) is 0 Å². The molecule has 0 amide bonds. The van der Waals surface area contributed by atoms with Gasteiger partial charge < -0.3 is 14.9 Å². The van der Waals surface area contributed by atoms with E-state index >= 15 is 0 Å². The summed E-state index contributed by atoms with van der Waals surface area (Å²) in [6, 6.07) is 5.34. The van der Waals surface area contributed by atoms with Crippen molar-refractivity contribution in [1.82, 2.24) is 0 Å². The second-order valence-electron chi connectivity index (χ2n) is 3.20. The van der Waals surface area contributed by atoms with Gasteiger partial charge in [-0.3, -0.25) is 14.7 Å². The Morgan fingerprint density at radius 3 is 2.56 bits per heavy atom. The second kappa shape index (κ2) is 4.71. The maximum atomic E-state index is 10.8. The van der Waals surface area contributed by atoms with E-state index in [1.165, 1.54) is 24.3 Å². The van der Waals surface area contributed by atoms with Crippen LogP contribution in [0.1, 0.15) is 17.0 Å². The number of aliphatic hydroxyl groups excluding tert-OH is 1. The number of rotatable bonds is 4. The highest BCUT2D eigenvalue weighted by molar-refractivity contribution is 7.51. The Morgan fingerprint density at radius 1 is 1.44 bits per heavy atom. The predicted octanol–water partition coefficient (Wildman–Crippen LogP) is 0.632. The first-order valence-corrected chi connectivity index (χ1v) is 5.93. The first kappa shape index (κ1) is 12.8. The molecule has 1 unspecified atom stereocenters. The van der Waals surface area contributed by atoms with Crippen molar-refractivity contribution in [2.45, 2.75) is 12.4 Å². The van der Waals surface area contributed by atoms with Crippen molar-refractivity contribution in [2.24, 2.45) is 0 Å². The first-order valence-electron chi connectivity index (χ1n) is 4.24. The Balaban J connectivity index is 2.99. The van der Waals surface area contributed by atoms with Crippen LogP contribution in [0.4, 0.5) is 0 Å². The zero-order valence-corrected chi connectivity index (χ0v) is 8.95. The molecule has 0 saturated carbocycles. The van der Waals surface area contributed by atoms with Crippen LogP contribution in [0.15, 0.2) is 24.3 Å². The zero-order valence-electron chi connectivity index (χ0n) is 8.05. The summed E-state index contributed by atoms with van der Waals surface area (Å²) < 4.78 is 10.8. The van der Waals surface area contributed by atoms with Crippen LogP contribution in [-0.2, 0) is 11.1 Å². The van der Waals surface area contributed by atoms with Crippen LogP contribution < -0.4 is 0 Å². The van der Waals surface area contributed by atoms with Crippen LogP contribution in [0.2, 0.25) is 0 Å². The molecule has 0 aromatic heterocycles. The molecule has 0 fully saturated rings. The van der Waals surface area contributed by atoms with Crippen LogP contribution in [0, 0.1) is 10.1 Å². The van der Waals surface area contributed by atoms with Crippen molar-refractivity contribution >= 4 is 7.60 Å². The summed E-state index contributed by atoms with van der Waals surface area (Å²) in [4.78, 5) is 27.1. The molecule has 3 N–H and O–H groups in total. The normalized spacial score (nSPS) is 13.4. The van der Waals surface area contributed by atoms with E-state index in [0.717, 1.165) is 0 Å². The largest absolute Gasteiger partial charge is 0.376 e. The lowest BCUT2D eigenvalue weighted by atomic mass is 10.1. The Kier molecular flexibility index (Phi) is 3.77. The average molecular weight is 247 g/mol. The van der Waals surface area contributed by atoms with Gasteiger partial charge in [0, 0.05) is 10.5 Å². The van der Waals surface area contributed by atoms with Gasteiger partial charge in [0.25, 0.3) is 0 Å².